The summed E-state index contributed by atoms with van der Waals surface area (Å²) in [5.74, 6) is 5.48. The molecule has 0 saturated heterocycles. The van der Waals surface area contributed by atoms with Crippen molar-refractivity contribution in [3.8, 4) is 11.5 Å². The van der Waals surface area contributed by atoms with Gasteiger partial charge in [0.2, 0.25) is 5.95 Å². The van der Waals surface area contributed by atoms with E-state index in [0.29, 0.717) is 5.92 Å². The molecular formula is C26H39N5O2. The van der Waals surface area contributed by atoms with E-state index >= 15 is 0 Å². The molecule has 4 rings (SSSR count). The van der Waals surface area contributed by atoms with Crippen LogP contribution in [0.15, 0.2) is 18.2 Å². The maximum absolute atomic E-state index is 5.39. The van der Waals surface area contributed by atoms with Crippen LogP contribution in [0.1, 0.15) is 61.3 Å². The molecule has 1 saturated carbocycles. The first-order chi connectivity index (χ1) is 16.1. The summed E-state index contributed by atoms with van der Waals surface area (Å²) in [6.07, 6.45) is 8.71. The molecule has 0 amide bonds. The van der Waals surface area contributed by atoms with E-state index in [1.54, 1.807) is 14.2 Å². The standard InChI is InChI=1S/C26H39N5O2/c1-27-25-24-22(6-5-7-23(24)30-26(28-2)31-25)19-10-8-17(9-11-19)15-29-16-18-12-20(32-3)14-21(13-18)33-4/h12-14,17,19,22,29H,5-11,15-16H2,1-4H3,(H2,27,28,30,31). The molecule has 0 radical (unpaired) electrons. The molecule has 0 bridgehead atoms. The van der Waals surface area contributed by atoms with E-state index < -0.39 is 0 Å². The van der Waals surface area contributed by atoms with Crippen molar-refractivity contribution >= 4 is 11.8 Å². The number of hydrogen-bond acceptors (Lipinski definition) is 7. The molecule has 2 aromatic rings. The fourth-order valence-electron chi connectivity index (χ4n) is 5.69. The van der Waals surface area contributed by atoms with Gasteiger partial charge in [0.15, 0.2) is 0 Å². The van der Waals surface area contributed by atoms with Crippen LogP contribution in [0.3, 0.4) is 0 Å². The minimum absolute atomic E-state index is 0.584. The van der Waals surface area contributed by atoms with E-state index in [2.05, 4.69) is 28.1 Å². The summed E-state index contributed by atoms with van der Waals surface area (Å²) in [4.78, 5) is 9.52. The quantitative estimate of drug-likeness (QED) is 0.512. The summed E-state index contributed by atoms with van der Waals surface area (Å²) in [6.45, 7) is 1.89. The number of methoxy groups -OCH3 is 2. The van der Waals surface area contributed by atoms with E-state index in [9.17, 15) is 0 Å². The van der Waals surface area contributed by atoms with Crippen LogP contribution in [0.4, 0.5) is 11.8 Å². The molecular weight excluding hydrogens is 414 g/mol. The molecule has 2 aliphatic rings. The number of anilines is 2. The van der Waals surface area contributed by atoms with Gasteiger partial charge in [-0.2, -0.15) is 4.98 Å². The van der Waals surface area contributed by atoms with Gasteiger partial charge in [-0.25, -0.2) is 4.98 Å². The minimum atomic E-state index is 0.584. The number of nitrogens with zero attached hydrogens (tertiary/aromatic N) is 2. The summed E-state index contributed by atoms with van der Waals surface area (Å²) in [5, 5.41) is 10.1. The van der Waals surface area contributed by atoms with E-state index in [1.807, 2.05) is 20.2 Å². The van der Waals surface area contributed by atoms with Crippen LogP contribution < -0.4 is 25.4 Å². The van der Waals surface area contributed by atoms with E-state index in [-0.39, 0.29) is 0 Å². The van der Waals surface area contributed by atoms with Gasteiger partial charge in [0, 0.05) is 32.3 Å². The molecule has 3 N–H and O–H groups in total. The molecule has 1 fully saturated rings. The molecule has 1 aromatic carbocycles. The summed E-state index contributed by atoms with van der Waals surface area (Å²) < 4.78 is 10.8. The minimum Gasteiger partial charge on any atom is -0.497 e. The maximum Gasteiger partial charge on any atom is 0.224 e. The maximum atomic E-state index is 5.39. The SMILES string of the molecule is CNc1nc2c(c(NC)n1)C(C1CCC(CNCc3cc(OC)cc(OC)c3)CC1)CCC2. The van der Waals surface area contributed by atoms with Crippen molar-refractivity contribution in [2.24, 2.45) is 11.8 Å². The highest BCUT2D eigenvalue weighted by Crippen LogP contribution is 2.46. The van der Waals surface area contributed by atoms with Crippen molar-refractivity contribution < 1.29 is 9.47 Å². The average molecular weight is 454 g/mol. The summed E-state index contributed by atoms with van der Waals surface area (Å²) in [6, 6.07) is 6.07. The predicted octanol–water partition coefficient (Wildman–Crippen LogP) is 4.59. The van der Waals surface area contributed by atoms with Crippen molar-refractivity contribution in [1.29, 1.82) is 0 Å². The van der Waals surface area contributed by atoms with Crippen LogP contribution in [0.5, 0.6) is 11.5 Å². The molecule has 1 unspecified atom stereocenters. The number of hydrogen-bond donors (Lipinski definition) is 3. The van der Waals surface area contributed by atoms with Gasteiger partial charge in [0.05, 0.1) is 19.9 Å². The smallest absolute Gasteiger partial charge is 0.224 e. The number of fused-ring (bicyclic) bond motifs is 1. The number of aryl methyl sites for hydroxylation is 1. The van der Waals surface area contributed by atoms with E-state index in [1.165, 1.54) is 55.3 Å². The third kappa shape index (κ3) is 5.52. The van der Waals surface area contributed by atoms with E-state index in [0.717, 1.165) is 54.6 Å². The highest BCUT2D eigenvalue weighted by atomic mass is 16.5. The third-order valence-electron chi connectivity index (χ3n) is 7.42. The second kappa shape index (κ2) is 11.1. The van der Waals surface area contributed by atoms with Gasteiger partial charge in [0.25, 0.3) is 0 Å². The molecule has 7 nitrogen and oxygen atoms in total. The lowest BCUT2D eigenvalue weighted by Crippen LogP contribution is -2.29. The number of rotatable bonds is 9. The van der Waals surface area contributed by atoms with Crippen LogP contribution in [-0.4, -0.2) is 44.8 Å². The van der Waals surface area contributed by atoms with Crippen LogP contribution in [0.25, 0.3) is 0 Å². The molecule has 0 spiro atoms. The van der Waals surface area contributed by atoms with Crippen LogP contribution in [0.2, 0.25) is 0 Å². The summed E-state index contributed by atoms with van der Waals surface area (Å²) in [5.41, 5.74) is 3.82. The van der Waals surface area contributed by atoms with Crippen LogP contribution >= 0.6 is 0 Å². The predicted molar refractivity (Wildman–Crippen MR) is 134 cm³/mol. The zero-order valence-corrected chi connectivity index (χ0v) is 20.5. The second-order valence-electron chi connectivity index (χ2n) is 9.39. The Morgan fingerprint density at radius 1 is 0.909 bits per heavy atom. The lowest BCUT2D eigenvalue weighted by atomic mass is 9.69. The highest BCUT2D eigenvalue weighted by Gasteiger charge is 2.34. The van der Waals surface area contributed by atoms with Crippen molar-refractivity contribution in [2.45, 2.75) is 57.4 Å². The monoisotopic (exact) mass is 453 g/mol. The van der Waals surface area contributed by atoms with Crippen LogP contribution in [-0.2, 0) is 13.0 Å². The molecule has 7 heteroatoms. The van der Waals surface area contributed by atoms with Gasteiger partial charge in [-0.1, -0.05) is 0 Å². The molecule has 1 aromatic heterocycles. The van der Waals surface area contributed by atoms with Crippen molar-refractivity contribution in [1.82, 2.24) is 15.3 Å². The molecule has 0 aliphatic heterocycles. The first-order valence-electron chi connectivity index (χ1n) is 12.3. The number of benzene rings is 1. The highest BCUT2D eigenvalue weighted by molar-refractivity contribution is 5.53. The van der Waals surface area contributed by atoms with Gasteiger partial charge in [0.1, 0.15) is 17.3 Å². The van der Waals surface area contributed by atoms with Crippen LogP contribution in [0, 0.1) is 11.8 Å². The summed E-state index contributed by atoms with van der Waals surface area (Å²) in [7, 11) is 7.26. The lowest BCUT2D eigenvalue weighted by molar-refractivity contribution is 0.225. The van der Waals surface area contributed by atoms with Crippen molar-refractivity contribution in [3.63, 3.8) is 0 Å². The Balaban J connectivity index is 1.32. The topological polar surface area (TPSA) is 80.3 Å². The molecule has 1 atom stereocenters. The zero-order chi connectivity index (χ0) is 23.2. The Morgan fingerprint density at radius 2 is 1.64 bits per heavy atom. The van der Waals surface area contributed by atoms with Crippen molar-refractivity contribution in [2.75, 3.05) is 45.5 Å². The largest absolute Gasteiger partial charge is 0.497 e. The molecule has 180 valence electrons. The Hall–Kier alpha value is -2.54. The van der Waals surface area contributed by atoms with Gasteiger partial charge >= 0.3 is 0 Å². The first-order valence-corrected chi connectivity index (χ1v) is 12.3. The van der Waals surface area contributed by atoms with Crippen molar-refractivity contribution in [3.05, 3.63) is 35.0 Å². The Labute approximate surface area is 198 Å². The summed E-state index contributed by atoms with van der Waals surface area (Å²) >= 11 is 0. The molecule has 1 heterocycles. The Kier molecular flexibility index (Phi) is 7.91. The average Bonchev–Trinajstić information content (AvgIpc) is 2.87. The van der Waals surface area contributed by atoms with Gasteiger partial charge in [-0.15, -0.1) is 0 Å². The van der Waals surface area contributed by atoms with Gasteiger partial charge < -0.3 is 25.4 Å². The number of nitrogens with one attached hydrogen (secondary N) is 3. The molecule has 2 aliphatic carbocycles. The fraction of sp³-hybridized carbons (Fsp3) is 0.615. The van der Waals surface area contributed by atoms with Gasteiger partial charge in [-0.05, 0) is 86.9 Å². The van der Waals surface area contributed by atoms with Gasteiger partial charge in [-0.3, -0.25) is 0 Å². The number of aromatic nitrogens is 2. The lowest BCUT2D eigenvalue weighted by Gasteiger charge is -2.37. The first kappa shape index (κ1) is 23.6. The fourth-order valence-corrected chi connectivity index (χ4v) is 5.69. The second-order valence-corrected chi connectivity index (χ2v) is 9.39. The Morgan fingerprint density at radius 3 is 2.27 bits per heavy atom. The Bertz CT molecular complexity index is 888. The zero-order valence-electron chi connectivity index (χ0n) is 20.5. The van der Waals surface area contributed by atoms with E-state index in [4.69, 9.17) is 19.4 Å². The normalized spacial score (nSPS) is 22.4. The third-order valence-corrected chi connectivity index (χ3v) is 7.42. The number of ether oxygens (including phenoxy) is 2. The molecule has 33 heavy (non-hydrogen) atoms.